The number of halogens is 6. The number of aliphatic hydroxyl groups is 1. The second kappa shape index (κ2) is 4.15. The van der Waals surface area contributed by atoms with Crippen LogP contribution in [0, 0.1) is 17.3 Å². The van der Waals surface area contributed by atoms with Crippen LogP contribution in [0.25, 0.3) is 0 Å². The fraction of sp³-hybridized carbons (Fsp3) is 0.846. The molecule has 116 valence electrons. The molecular formula is C13H16F6O. The van der Waals surface area contributed by atoms with E-state index in [1.165, 1.54) is 6.08 Å². The Kier molecular flexibility index (Phi) is 3.25. The third-order valence-corrected chi connectivity index (χ3v) is 4.98. The van der Waals surface area contributed by atoms with Crippen LogP contribution in [0.3, 0.4) is 0 Å². The van der Waals surface area contributed by atoms with Crippen molar-refractivity contribution in [2.75, 3.05) is 0 Å². The van der Waals surface area contributed by atoms with E-state index in [9.17, 15) is 31.4 Å². The molecule has 0 saturated heterocycles. The molecule has 20 heavy (non-hydrogen) atoms. The summed E-state index contributed by atoms with van der Waals surface area (Å²) in [6, 6.07) is 0. The lowest BCUT2D eigenvalue weighted by atomic mass is 9.48. The average molecular weight is 302 g/mol. The van der Waals surface area contributed by atoms with Gasteiger partial charge in [0.2, 0.25) is 0 Å². The maximum absolute atomic E-state index is 12.7. The molecule has 2 unspecified atom stereocenters. The van der Waals surface area contributed by atoms with Crippen molar-refractivity contribution in [3.63, 3.8) is 0 Å². The van der Waals surface area contributed by atoms with Crippen molar-refractivity contribution in [1.82, 2.24) is 0 Å². The molecule has 3 aliphatic carbocycles. The molecule has 2 atom stereocenters. The van der Waals surface area contributed by atoms with E-state index in [4.69, 9.17) is 0 Å². The topological polar surface area (TPSA) is 20.2 Å². The van der Waals surface area contributed by atoms with Gasteiger partial charge in [0.15, 0.2) is 0 Å². The molecule has 0 amide bonds. The molecule has 0 heterocycles. The summed E-state index contributed by atoms with van der Waals surface area (Å²) in [5, 5.41) is 9.25. The van der Waals surface area contributed by atoms with Crippen molar-refractivity contribution in [3.05, 3.63) is 11.6 Å². The number of hydrogen-bond acceptors (Lipinski definition) is 1. The average Bonchev–Trinajstić information content (AvgIpc) is 2.25. The normalized spacial score (nSPS) is 29.8. The van der Waals surface area contributed by atoms with Gasteiger partial charge in [-0.05, 0) is 30.1 Å². The smallest absolute Gasteiger partial charge is 0.373 e. The van der Waals surface area contributed by atoms with E-state index >= 15 is 0 Å². The third kappa shape index (κ3) is 2.05. The lowest BCUT2D eigenvalue weighted by Gasteiger charge is -2.57. The van der Waals surface area contributed by atoms with Gasteiger partial charge >= 0.3 is 12.4 Å². The van der Waals surface area contributed by atoms with Gasteiger partial charge < -0.3 is 5.11 Å². The molecule has 0 aliphatic heterocycles. The summed E-state index contributed by atoms with van der Waals surface area (Å²) in [6.07, 6.45) is -10.4. The lowest BCUT2D eigenvalue weighted by Crippen LogP contribution is -2.58. The fourth-order valence-corrected chi connectivity index (χ4v) is 3.33. The quantitative estimate of drug-likeness (QED) is 0.598. The summed E-state index contributed by atoms with van der Waals surface area (Å²) in [5.41, 5.74) is -4.87. The zero-order valence-corrected chi connectivity index (χ0v) is 11.1. The van der Waals surface area contributed by atoms with E-state index in [1.807, 2.05) is 13.8 Å². The van der Waals surface area contributed by atoms with Gasteiger partial charge in [-0.15, -0.1) is 0 Å². The van der Waals surface area contributed by atoms with Crippen LogP contribution in [0.1, 0.15) is 33.1 Å². The molecule has 0 aromatic rings. The minimum atomic E-state index is -5.74. The van der Waals surface area contributed by atoms with E-state index in [0.717, 1.165) is 0 Å². The summed E-state index contributed by atoms with van der Waals surface area (Å²) in [4.78, 5) is 0. The van der Waals surface area contributed by atoms with Gasteiger partial charge in [-0.2, -0.15) is 26.3 Å². The minimum absolute atomic E-state index is 0.0784. The molecule has 0 radical (unpaired) electrons. The maximum atomic E-state index is 12.7. The van der Waals surface area contributed by atoms with E-state index in [2.05, 4.69) is 0 Å². The Hall–Kier alpha value is -0.720. The maximum Gasteiger partial charge on any atom is 0.426 e. The first kappa shape index (κ1) is 15.7. The summed E-state index contributed by atoms with van der Waals surface area (Å²) in [5.74, 6) is -0.00130. The van der Waals surface area contributed by atoms with E-state index in [-0.39, 0.29) is 16.9 Å². The highest BCUT2D eigenvalue weighted by Gasteiger charge is 2.71. The Labute approximate surface area is 112 Å². The van der Waals surface area contributed by atoms with Gasteiger partial charge in [0.25, 0.3) is 5.60 Å². The second-order valence-electron chi connectivity index (χ2n) is 6.35. The summed E-state index contributed by atoms with van der Waals surface area (Å²) < 4.78 is 76.1. The van der Waals surface area contributed by atoms with Gasteiger partial charge in [0.1, 0.15) is 0 Å². The van der Waals surface area contributed by atoms with Crippen LogP contribution in [0.15, 0.2) is 11.6 Å². The zero-order valence-electron chi connectivity index (χ0n) is 11.1. The molecule has 1 nitrogen and oxygen atoms in total. The molecule has 0 aromatic carbocycles. The highest BCUT2D eigenvalue weighted by atomic mass is 19.4. The van der Waals surface area contributed by atoms with Gasteiger partial charge in [-0.25, -0.2) is 0 Å². The Bertz CT molecular complexity index is 417. The highest BCUT2D eigenvalue weighted by Crippen LogP contribution is 2.61. The molecule has 1 N–H and O–H groups in total. The SMILES string of the molecule is CC1(C)C2CC=C(CC(O)(C(F)(F)F)C(F)(F)F)C1C2. The predicted molar refractivity (Wildman–Crippen MR) is 59.8 cm³/mol. The molecule has 7 heteroatoms. The van der Waals surface area contributed by atoms with Crippen LogP contribution in [0.4, 0.5) is 26.3 Å². The molecule has 0 aromatic heterocycles. The summed E-state index contributed by atoms with van der Waals surface area (Å²) in [7, 11) is 0. The molecule has 1 saturated carbocycles. The number of fused-ring (bicyclic) bond motifs is 1. The third-order valence-electron chi connectivity index (χ3n) is 4.98. The standard InChI is InChI=1S/C13H16F6O/c1-10(2)8-4-3-7(9(10)5-8)6-11(20,12(14,15)16)13(17,18)19/h3,8-9,20H,4-6H2,1-2H3. The van der Waals surface area contributed by atoms with Crippen molar-refractivity contribution < 1.29 is 31.4 Å². The Balaban J connectivity index is 2.29. The number of hydrogen-bond donors (Lipinski definition) is 1. The summed E-state index contributed by atoms with van der Waals surface area (Å²) >= 11 is 0. The molecule has 2 bridgehead atoms. The fourth-order valence-electron chi connectivity index (χ4n) is 3.33. The first-order valence-corrected chi connectivity index (χ1v) is 6.35. The molecule has 1 fully saturated rings. The largest absolute Gasteiger partial charge is 0.426 e. The minimum Gasteiger partial charge on any atom is -0.373 e. The van der Waals surface area contributed by atoms with Crippen LogP contribution < -0.4 is 0 Å². The molecule has 3 aliphatic rings. The Morgan fingerprint density at radius 2 is 1.65 bits per heavy atom. The summed E-state index contributed by atoms with van der Waals surface area (Å²) in [6.45, 7) is 3.69. The molecule has 0 spiro atoms. The highest BCUT2D eigenvalue weighted by molar-refractivity contribution is 5.26. The monoisotopic (exact) mass is 302 g/mol. The molecule has 3 rings (SSSR count). The van der Waals surface area contributed by atoms with Gasteiger partial charge in [-0.1, -0.05) is 25.5 Å². The van der Waals surface area contributed by atoms with Crippen LogP contribution >= 0.6 is 0 Å². The number of allylic oxidation sites excluding steroid dienone is 1. The van der Waals surface area contributed by atoms with E-state index in [1.54, 1.807) is 0 Å². The van der Waals surface area contributed by atoms with Crippen LogP contribution in [0.5, 0.6) is 0 Å². The van der Waals surface area contributed by atoms with Crippen LogP contribution in [-0.2, 0) is 0 Å². The lowest BCUT2D eigenvalue weighted by molar-refractivity contribution is -0.368. The van der Waals surface area contributed by atoms with Crippen molar-refractivity contribution in [2.24, 2.45) is 17.3 Å². The van der Waals surface area contributed by atoms with Crippen molar-refractivity contribution in [2.45, 2.75) is 51.1 Å². The van der Waals surface area contributed by atoms with Crippen molar-refractivity contribution in [1.29, 1.82) is 0 Å². The van der Waals surface area contributed by atoms with Gasteiger partial charge in [-0.3, -0.25) is 0 Å². The molecular weight excluding hydrogens is 286 g/mol. The number of alkyl halides is 6. The second-order valence-corrected chi connectivity index (χ2v) is 6.35. The Morgan fingerprint density at radius 1 is 1.15 bits per heavy atom. The van der Waals surface area contributed by atoms with Crippen LogP contribution in [0.2, 0.25) is 0 Å². The van der Waals surface area contributed by atoms with Gasteiger partial charge in [0, 0.05) is 6.42 Å². The predicted octanol–water partition coefficient (Wildman–Crippen LogP) is 4.22. The van der Waals surface area contributed by atoms with Crippen LogP contribution in [-0.4, -0.2) is 23.1 Å². The number of rotatable bonds is 2. The first-order valence-electron chi connectivity index (χ1n) is 6.35. The van der Waals surface area contributed by atoms with Crippen molar-refractivity contribution >= 4 is 0 Å². The van der Waals surface area contributed by atoms with Crippen molar-refractivity contribution in [3.8, 4) is 0 Å². The van der Waals surface area contributed by atoms with Gasteiger partial charge in [0.05, 0.1) is 0 Å². The van der Waals surface area contributed by atoms with E-state index < -0.39 is 24.4 Å². The zero-order chi connectivity index (χ0) is 15.6. The first-order chi connectivity index (χ1) is 8.81. The van der Waals surface area contributed by atoms with E-state index in [0.29, 0.717) is 18.8 Å². The Morgan fingerprint density at radius 3 is 2.00 bits per heavy atom.